The molecule has 1 unspecified atom stereocenters. The minimum Gasteiger partial charge on any atom is -0.391 e. The molecule has 2 aromatic heterocycles. The second-order valence-electron chi connectivity index (χ2n) is 9.63. The number of hydrogen-bond acceptors (Lipinski definition) is 8. The first-order valence-corrected chi connectivity index (χ1v) is 13.7. The van der Waals surface area contributed by atoms with E-state index in [0.29, 0.717) is 12.0 Å². The summed E-state index contributed by atoms with van der Waals surface area (Å²) >= 11 is 1.76. The van der Waals surface area contributed by atoms with Gasteiger partial charge in [-0.25, -0.2) is 9.97 Å². The van der Waals surface area contributed by atoms with Crippen LogP contribution in [0.5, 0.6) is 0 Å². The zero-order valence-corrected chi connectivity index (χ0v) is 21.2. The first-order valence-electron chi connectivity index (χ1n) is 12.3. The number of hydrogen-bond donors (Lipinski definition) is 2. The third kappa shape index (κ3) is 6.21. The zero-order chi connectivity index (χ0) is 24.0. The van der Waals surface area contributed by atoms with Crippen LogP contribution in [-0.4, -0.2) is 66.9 Å². The number of aliphatic hydroxyl groups excluding tert-OH is 1. The van der Waals surface area contributed by atoms with Gasteiger partial charge in [0.05, 0.1) is 17.4 Å². The molecule has 1 spiro atoms. The van der Waals surface area contributed by atoms with Crippen LogP contribution in [-0.2, 0) is 5.75 Å². The molecule has 3 aliphatic rings. The fraction of sp³-hybridized carbons (Fsp3) is 0.577. The van der Waals surface area contributed by atoms with E-state index in [1.807, 2.05) is 37.4 Å². The third-order valence-corrected chi connectivity index (χ3v) is 7.76. The lowest BCUT2D eigenvalue weighted by Crippen LogP contribution is -2.38. The van der Waals surface area contributed by atoms with Gasteiger partial charge in [0.1, 0.15) is 17.5 Å². The molecule has 4 heterocycles. The van der Waals surface area contributed by atoms with Gasteiger partial charge in [-0.1, -0.05) is 6.07 Å². The van der Waals surface area contributed by atoms with E-state index < -0.39 is 0 Å². The van der Waals surface area contributed by atoms with Crippen molar-refractivity contribution in [3.8, 4) is 0 Å². The first-order chi connectivity index (χ1) is 16.6. The summed E-state index contributed by atoms with van der Waals surface area (Å²) in [6.07, 6.45) is 10.1. The monoisotopic (exact) mass is 483 g/mol. The summed E-state index contributed by atoms with van der Waals surface area (Å²) in [5, 5.41) is 12.6. The van der Waals surface area contributed by atoms with Gasteiger partial charge in [-0.05, 0) is 74.5 Å². The number of piperidine rings is 2. The van der Waals surface area contributed by atoms with E-state index in [1.165, 1.54) is 25.7 Å². The molecule has 2 N–H and O–H groups in total. The van der Waals surface area contributed by atoms with E-state index in [9.17, 15) is 9.90 Å². The summed E-state index contributed by atoms with van der Waals surface area (Å²) < 4.78 is 0. The molecule has 0 amide bonds. The number of carbonyl (C=O) groups is 1. The van der Waals surface area contributed by atoms with Crippen molar-refractivity contribution in [1.29, 1.82) is 0 Å². The van der Waals surface area contributed by atoms with Crippen molar-refractivity contribution in [3.63, 3.8) is 0 Å². The molecule has 8 heteroatoms. The second kappa shape index (κ2) is 11.4. The molecule has 2 saturated heterocycles. The molecule has 184 valence electrons. The molecule has 0 bridgehead atoms. The van der Waals surface area contributed by atoms with E-state index in [0.717, 1.165) is 73.2 Å². The van der Waals surface area contributed by atoms with Crippen molar-refractivity contribution in [2.24, 2.45) is 5.41 Å². The minimum absolute atomic E-state index is 0.209. The highest BCUT2D eigenvalue weighted by Crippen LogP contribution is 2.53. The van der Waals surface area contributed by atoms with Gasteiger partial charge < -0.3 is 20.2 Å². The number of nitrogens with one attached hydrogen (secondary N) is 1. The lowest BCUT2D eigenvalue weighted by atomic mass is 9.93. The van der Waals surface area contributed by atoms with E-state index in [1.54, 1.807) is 11.8 Å². The Kier molecular flexibility index (Phi) is 8.32. The standard InChI is InChI=1S/C15H20N2OS.C11H17N3O/c1-19-11-13-3-2-12(10-18)14(16-13)17-8-6-15(4-5-15)7-9-17;1-12-10-5-2-6-11(13-10)14-7-3-4-9(15)8-14/h2-3,10H,4-9,11H2,1H3;2,5-6,9,15H,3-4,7-8H2,1H3,(H,12,13). The highest BCUT2D eigenvalue weighted by Gasteiger charge is 2.44. The van der Waals surface area contributed by atoms with E-state index in [2.05, 4.69) is 26.4 Å². The number of anilines is 3. The molecule has 34 heavy (non-hydrogen) atoms. The van der Waals surface area contributed by atoms with Gasteiger partial charge >= 0.3 is 0 Å². The van der Waals surface area contributed by atoms with Gasteiger partial charge in [-0.3, -0.25) is 4.79 Å². The Morgan fingerprint density at radius 2 is 1.91 bits per heavy atom. The van der Waals surface area contributed by atoms with Crippen LogP contribution >= 0.6 is 11.8 Å². The average molecular weight is 484 g/mol. The molecule has 2 aromatic rings. The second-order valence-corrected chi connectivity index (χ2v) is 10.5. The number of aldehydes is 1. The van der Waals surface area contributed by atoms with Crippen LogP contribution in [0.1, 0.15) is 54.6 Å². The summed E-state index contributed by atoms with van der Waals surface area (Å²) in [6, 6.07) is 9.79. The molecule has 0 aromatic carbocycles. The normalized spacial score (nSPS) is 21.0. The smallest absolute Gasteiger partial charge is 0.153 e. The number of aromatic nitrogens is 2. The predicted octanol–water partition coefficient (Wildman–Crippen LogP) is 4.22. The number of nitrogens with zero attached hydrogens (tertiary/aromatic N) is 4. The average Bonchev–Trinajstić information content (AvgIpc) is 3.64. The fourth-order valence-electron chi connectivity index (χ4n) is 4.84. The summed E-state index contributed by atoms with van der Waals surface area (Å²) in [6.45, 7) is 3.78. The molecule has 3 fully saturated rings. The number of carbonyl (C=O) groups excluding carboxylic acids is 1. The number of aliphatic hydroxyl groups is 1. The van der Waals surface area contributed by atoms with Crippen LogP contribution in [0.2, 0.25) is 0 Å². The minimum atomic E-state index is -0.209. The lowest BCUT2D eigenvalue weighted by Gasteiger charge is -2.33. The number of thioether (sulfide) groups is 1. The molecule has 7 nitrogen and oxygen atoms in total. The van der Waals surface area contributed by atoms with Crippen molar-refractivity contribution in [3.05, 3.63) is 41.6 Å². The van der Waals surface area contributed by atoms with Crippen LogP contribution in [0.15, 0.2) is 30.3 Å². The number of rotatable bonds is 6. The largest absolute Gasteiger partial charge is 0.391 e. The first kappa shape index (κ1) is 24.8. The number of pyridine rings is 2. The summed E-state index contributed by atoms with van der Waals surface area (Å²) in [5.41, 5.74) is 2.46. The van der Waals surface area contributed by atoms with Crippen molar-refractivity contribution in [2.75, 3.05) is 54.6 Å². The van der Waals surface area contributed by atoms with Gasteiger partial charge in [-0.15, -0.1) is 0 Å². The summed E-state index contributed by atoms with van der Waals surface area (Å²) in [5.74, 6) is 3.62. The van der Waals surface area contributed by atoms with Crippen LogP contribution in [0.25, 0.3) is 0 Å². The molecule has 1 saturated carbocycles. The molecule has 1 atom stereocenters. The predicted molar refractivity (Wildman–Crippen MR) is 141 cm³/mol. The van der Waals surface area contributed by atoms with E-state index in [-0.39, 0.29) is 6.10 Å². The van der Waals surface area contributed by atoms with Crippen LogP contribution in [0, 0.1) is 5.41 Å². The maximum atomic E-state index is 11.2. The van der Waals surface area contributed by atoms with E-state index >= 15 is 0 Å². The Balaban J connectivity index is 0.000000166. The summed E-state index contributed by atoms with van der Waals surface area (Å²) in [4.78, 5) is 24.8. The summed E-state index contributed by atoms with van der Waals surface area (Å²) in [7, 11) is 1.86. The van der Waals surface area contributed by atoms with Crippen LogP contribution in [0.3, 0.4) is 0 Å². The van der Waals surface area contributed by atoms with Gasteiger partial charge in [0, 0.05) is 39.0 Å². The molecular formula is C26H37N5O2S. The van der Waals surface area contributed by atoms with Gasteiger partial charge in [0.25, 0.3) is 0 Å². The Morgan fingerprint density at radius 3 is 2.56 bits per heavy atom. The van der Waals surface area contributed by atoms with Crippen LogP contribution < -0.4 is 15.1 Å². The molecule has 1 aliphatic carbocycles. The van der Waals surface area contributed by atoms with Crippen molar-refractivity contribution >= 4 is 35.5 Å². The van der Waals surface area contributed by atoms with Gasteiger partial charge in [0.2, 0.25) is 0 Å². The highest BCUT2D eigenvalue weighted by atomic mass is 32.2. The van der Waals surface area contributed by atoms with Crippen molar-refractivity contribution in [1.82, 2.24) is 9.97 Å². The maximum absolute atomic E-state index is 11.2. The van der Waals surface area contributed by atoms with Crippen molar-refractivity contribution in [2.45, 2.75) is 50.4 Å². The molecule has 5 rings (SSSR count). The molecule has 0 radical (unpaired) electrons. The Morgan fingerprint density at radius 1 is 1.12 bits per heavy atom. The lowest BCUT2D eigenvalue weighted by molar-refractivity contribution is 0.112. The fourth-order valence-corrected chi connectivity index (χ4v) is 5.30. The van der Waals surface area contributed by atoms with E-state index in [4.69, 9.17) is 4.98 Å². The Hall–Kier alpha value is -2.32. The zero-order valence-electron chi connectivity index (χ0n) is 20.4. The van der Waals surface area contributed by atoms with Crippen molar-refractivity contribution < 1.29 is 9.90 Å². The SMILES string of the molecule is CNc1cccc(N2CCCC(O)C2)n1.CSCc1ccc(C=O)c(N2CCC3(CC2)CC3)n1. The molecular weight excluding hydrogens is 446 g/mol. The highest BCUT2D eigenvalue weighted by molar-refractivity contribution is 7.97. The Labute approximate surface area is 207 Å². The Bertz CT molecular complexity index is 958. The van der Waals surface area contributed by atoms with Gasteiger partial charge in [0.15, 0.2) is 6.29 Å². The maximum Gasteiger partial charge on any atom is 0.153 e. The third-order valence-electron chi connectivity index (χ3n) is 7.17. The van der Waals surface area contributed by atoms with Gasteiger partial charge in [-0.2, -0.15) is 11.8 Å². The quantitative estimate of drug-likeness (QED) is 0.591. The van der Waals surface area contributed by atoms with Crippen LogP contribution in [0.4, 0.5) is 17.5 Å². The number of β-amino-alcohol motifs (C(OH)–C–C–N with tert-alkyl or cyclic N) is 1. The molecule has 2 aliphatic heterocycles. The topological polar surface area (TPSA) is 81.6 Å².